The number of nitrogens with one attached hydrogen (secondary N) is 1. The molecule has 0 spiro atoms. The van der Waals surface area contributed by atoms with Crippen molar-refractivity contribution in [3.8, 4) is 0 Å². The van der Waals surface area contributed by atoms with E-state index in [0.717, 1.165) is 32.4 Å². The summed E-state index contributed by atoms with van der Waals surface area (Å²) in [5.41, 5.74) is 5.04. The summed E-state index contributed by atoms with van der Waals surface area (Å²) in [6.07, 6.45) is 2.76. The topological polar surface area (TPSA) is 114 Å². The van der Waals surface area contributed by atoms with E-state index in [2.05, 4.69) is 23.7 Å². The molecule has 9 nitrogen and oxygen atoms in total. The molecular weight excluding hydrogens is 374 g/mol. The lowest BCUT2D eigenvalue weighted by Gasteiger charge is -2.35. The number of anilines is 2. The number of aromatic amines is 1. The van der Waals surface area contributed by atoms with Gasteiger partial charge in [-0.05, 0) is 24.7 Å². The third-order valence-electron chi connectivity index (χ3n) is 5.34. The van der Waals surface area contributed by atoms with E-state index in [9.17, 15) is 14.4 Å². The molecule has 0 aromatic carbocycles. The highest BCUT2D eigenvalue weighted by Crippen LogP contribution is 2.22. The molecule has 3 N–H and O–H groups in total. The number of ether oxygens (including phenoxy) is 1. The van der Waals surface area contributed by atoms with E-state index in [4.69, 9.17) is 10.5 Å². The molecule has 1 saturated heterocycles. The van der Waals surface area contributed by atoms with E-state index >= 15 is 0 Å². The minimum atomic E-state index is -0.648. The number of piperidine rings is 1. The summed E-state index contributed by atoms with van der Waals surface area (Å²) in [5, 5.41) is 0. The smallest absolute Gasteiger partial charge is 0.330 e. The minimum absolute atomic E-state index is 0.0250. The summed E-state index contributed by atoms with van der Waals surface area (Å²) in [6, 6.07) is 0. The van der Waals surface area contributed by atoms with E-state index < -0.39 is 11.2 Å². The van der Waals surface area contributed by atoms with Crippen molar-refractivity contribution < 1.29 is 9.53 Å². The van der Waals surface area contributed by atoms with Crippen LogP contribution >= 0.6 is 0 Å². The first kappa shape index (κ1) is 23.2. The van der Waals surface area contributed by atoms with Gasteiger partial charge in [-0.1, -0.05) is 27.2 Å². The van der Waals surface area contributed by atoms with Crippen LogP contribution in [0.15, 0.2) is 9.59 Å². The minimum Gasteiger partial charge on any atom is -0.383 e. The average molecular weight is 410 g/mol. The number of amides is 1. The summed E-state index contributed by atoms with van der Waals surface area (Å²) in [4.78, 5) is 43.8. The number of unbranched alkanes of at least 4 members (excludes halogenated alkanes) is 1. The second kappa shape index (κ2) is 10.6. The first-order chi connectivity index (χ1) is 13.8. The fraction of sp³-hybridized carbons (Fsp3) is 0.750. The number of nitrogen functional groups attached to an aromatic ring is 1. The second-order valence-corrected chi connectivity index (χ2v) is 8.18. The predicted molar refractivity (Wildman–Crippen MR) is 114 cm³/mol. The van der Waals surface area contributed by atoms with Gasteiger partial charge >= 0.3 is 5.69 Å². The summed E-state index contributed by atoms with van der Waals surface area (Å²) in [6.45, 7) is 9.09. The lowest BCUT2D eigenvalue weighted by Crippen LogP contribution is -2.49. The summed E-state index contributed by atoms with van der Waals surface area (Å²) < 4.78 is 6.47. The van der Waals surface area contributed by atoms with Crippen molar-refractivity contribution in [1.29, 1.82) is 0 Å². The van der Waals surface area contributed by atoms with Crippen LogP contribution in [0.3, 0.4) is 0 Å². The number of aromatic nitrogens is 2. The number of H-pyrrole nitrogens is 1. The van der Waals surface area contributed by atoms with E-state index in [1.165, 1.54) is 16.6 Å². The van der Waals surface area contributed by atoms with E-state index in [0.29, 0.717) is 18.4 Å². The van der Waals surface area contributed by atoms with Crippen molar-refractivity contribution in [2.24, 2.45) is 11.8 Å². The molecule has 1 fully saturated rings. The van der Waals surface area contributed by atoms with Crippen LogP contribution in [-0.2, 0) is 16.1 Å². The van der Waals surface area contributed by atoms with Gasteiger partial charge in [0.2, 0.25) is 5.91 Å². The monoisotopic (exact) mass is 409 g/mol. The molecule has 1 amide bonds. The van der Waals surface area contributed by atoms with Crippen molar-refractivity contribution in [3.63, 3.8) is 0 Å². The zero-order valence-corrected chi connectivity index (χ0v) is 18.1. The van der Waals surface area contributed by atoms with Crippen LogP contribution in [-0.4, -0.2) is 60.3 Å². The van der Waals surface area contributed by atoms with Gasteiger partial charge in [0.05, 0.1) is 13.2 Å². The first-order valence-corrected chi connectivity index (χ1v) is 10.4. The number of hydrogen-bond acceptors (Lipinski definition) is 6. The maximum absolute atomic E-state index is 13.2. The molecule has 2 heterocycles. The fourth-order valence-corrected chi connectivity index (χ4v) is 4.12. The predicted octanol–water partition coefficient (Wildman–Crippen LogP) is 0.876. The summed E-state index contributed by atoms with van der Waals surface area (Å²) in [7, 11) is 1.53. The maximum atomic E-state index is 13.2. The van der Waals surface area contributed by atoms with Gasteiger partial charge in [-0.3, -0.25) is 24.0 Å². The number of nitrogens with two attached hydrogens (primary N) is 1. The quantitative estimate of drug-likeness (QED) is 0.626. The summed E-state index contributed by atoms with van der Waals surface area (Å²) in [5.74, 6) is 0.838. The van der Waals surface area contributed by atoms with Crippen LogP contribution in [0.25, 0.3) is 0 Å². The third-order valence-corrected chi connectivity index (χ3v) is 5.34. The number of carbonyl (C=O) groups is 1. The number of nitrogens with zero attached hydrogens (tertiary/aromatic N) is 3. The van der Waals surface area contributed by atoms with Crippen LogP contribution in [0.5, 0.6) is 0 Å². The van der Waals surface area contributed by atoms with Crippen molar-refractivity contribution >= 4 is 17.4 Å². The van der Waals surface area contributed by atoms with Crippen LogP contribution in [0.2, 0.25) is 0 Å². The van der Waals surface area contributed by atoms with Crippen LogP contribution in [0, 0.1) is 11.8 Å². The molecule has 0 aliphatic carbocycles. The average Bonchev–Trinajstić information content (AvgIpc) is 2.63. The summed E-state index contributed by atoms with van der Waals surface area (Å²) >= 11 is 0. The molecule has 29 heavy (non-hydrogen) atoms. The molecule has 1 aliphatic rings. The number of methoxy groups -OCH3 is 1. The lowest BCUT2D eigenvalue weighted by molar-refractivity contribution is -0.120. The Morgan fingerprint density at radius 2 is 1.93 bits per heavy atom. The molecule has 9 heteroatoms. The normalized spacial score (nSPS) is 20.0. The van der Waals surface area contributed by atoms with Gasteiger partial charge in [-0.25, -0.2) is 4.79 Å². The lowest BCUT2D eigenvalue weighted by atomic mass is 9.92. The standard InChI is InChI=1S/C20H35N5O4/c1-5-6-7-25-18(21)17(19(27)22-20(25)28)24(8-9-29-4)16(26)13-23-11-14(2)10-15(3)12-23/h14-15H,5-13,21H2,1-4H3,(H,22,27,28)/t14-,15+. The molecule has 0 bridgehead atoms. The molecule has 1 aliphatic heterocycles. The zero-order valence-electron chi connectivity index (χ0n) is 18.1. The number of rotatable bonds is 9. The highest BCUT2D eigenvalue weighted by molar-refractivity contribution is 5.96. The van der Waals surface area contributed by atoms with Crippen molar-refractivity contribution in [1.82, 2.24) is 14.5 Å². The molecule has 1 aromatic heterocycles. The highest BCUT2D eigenvalue weighted by Gasteiger charge is 2.28. The van der Waals surface area contributed by atoms with Crippen LogP contribution in [0.1, 0.15) is 40.0 Å². The Morgan fingerprint density at radius 3 is 2.52 bits per heavy atom. The van der Waals surface area contributed by atoms with Crippen molar-refractivity contribution in [2.75, 3.05) is 50.5 Å². The Hall–Kier alpha value is -2.13. The molecule has 164 valence electrons. The van der Waals surface area contributed by atoms with E-state index in [1.54, 1.807) is 0 Å². The fourth-order valence-electron chi connectivity index (χ4n) is 4.12. The molecular formula is C20H35N5O4. The van der Waals surface area contributed by atoms with Gasteiger partial charge in [0.15, 0.2) is 5.69 Å². The van der Waals surface area contributed by atoms with Gasteiger partial charge in [-0.15, -0.1) is 0 Å². The number of likely N-dealkylation sites (tertiary alicyclic amines) is 1. The number of hydrogen-bond donors (Lipinski definition) is 2. The molecule has 0 radical (unpaired) electrons. The van der Waals surface area contributed by atoms with E-state index in [-0.39, 0.29) is 37.1 Å². The molecule has 0 saturated carbocycles. The Bertz CT molecular complexity index is 793. The SMILES string of the molecule is CCCCn1c(N)c(N(CCOC)C(=O)CN2C[C@H](C)C[C@H](C)C2)c(=O)[nH]c1=O. The van der Waals surface area contributed by atoms with Gasteiger partial charge in [0.1, 0.15) is 5.82 Å². The van der Waals surface area contributed by atoms with Crippen LogP contribution < -0.4 is 21.9 Å². The Balaban J connectivity index is 2.35. The van der Waals surface area contributed by atoms with E-state index in [1.807, 2.05) is 6.92 Å². The largest absolute Gasteiger partial charge is 0.383 e. The number of carbonyl (C=O) groups excluding carboxylic acids is 1. The van der Waals surface area contributed by atoms with Gasteiger partial charge in [0, 0.05) is 33.3 Å². The Morgan fingerprint density at radius 1 is 1.28 bits per heavy atom. The Kier molecular flexibility index (Phi) is 8.45. The van der Waals surface area contributed by atoms with Gasteiger partial charge < -0.3 is 15.4 Å². The first-order valence-electron chi connectivity index (χ1n) is 10.4. The zero-order chi connectivity index (χ0) is 21.6. The highest BCUT2D eigenvalue weighted by atomic mass is 16.5. The van der Waals surface area contributed by atoms with Gasteiger partial charge in [0.25, 0.3) is 5.56 Å². The maximum Gasteiger partial charge on any atom is 0.330 e. The second-order valence-electron chi connectivity index (χ2n) is 8.18. The molecule has 1 aromatic rings. The third kappa shape index (κ3) is 5.93. The molecule has 0 unspecified atom stereocenters. The van der Waals surface area contributed by atoms with Gasteiger partial charge in [-0.2, -0.15) is 0 Å². The van der Waals surface area contributed by atoms with Crippen LogP contribution in [0.4, 0.5) is 11.5 Å². The Labute approximate surface area is 171 Å². The molecule has 2 rings (SSSR count). The van der Waals surface area contributed by atoms with Crippen molar-refractivity contribution in [3.05, 3.63) is 20.8 Å². The van der Waals surface area contributed by atoms with Crippen molar-refractivity contribution in [2.45, 2.75) is 46.6 Å². The molecule has 2 atom stereocenters.